The fourth-order valence-electron chi connectivity index (χ4n) is 11.8. The normalized spacial score (nSPS) is 13.9. The second-order valence-corrected chi connectivity index (χ2v) is 19.5. The molecule has 0 atom stereocenters. The first-order valence-electron chi connectivity index (χ1n) is 23.6. The lowest BCUT2D eigenvalue weighted by Crippen LogP contribution is -2.15. The monoisotopic (exact) mass is 856 g/mol. The van der Waals surface area contributed by atoms with Gasteiger partial charge in [-0.3, -0.25) is 0 Å². The smallest absolute Gasteiger partial charge is 0.143 e. The number of hydrogen-bond acceptors (Lipinski definition) is 1. The number of furan rings is 1. The molecule has 2 aliphatic rings. The maximum absolute atomic E-state index is 7.53. The van der Waals surface area contributed by atoms with Crippen LogP contribution in [0.1, 0.15) is 49.9 Å². The molecule has 11 aromatic rings. The molecule has 0 saturated carbocycles. The van der Waals surface area contributed by atoms with E-state index in [9.17, 15) is 0 Å². The summed E-state index contributed by atoms with van der Waals surface area (Å²) in [5.41, 5.74) is 21.7. The zero-order valence-corrected chi connectivity index (χ0v) is 38.2. The van der Waals surface area contributed by atoms with Crippen LogP contribution in [0.15, 0.2) is 223 Å². The molecule has 0 unspecified atom stereocenters. The highest BCUT2D eigenvalue weighted by molar-refractivity contribution is 6.11. The van der Waals surface area contributed by atoms with Crippen LogP contribution in [0.4, 0.5) is 0 Å². The second kappa shape index (κ2) is 14.8. The van der Waals surface area contributed by atoms with Gasteiger partial charge in [-0.2, -0.15) is 0 Å². The summed E-state index contributed by atoms with van der Waals surface area (Å²) < 4.78 is 7.53. The molecule has 0 amide bonds. The Labute approximate surface area is 392 Å². The van der Waals surface area contributed by atoms with Crippen molar-refractivity contribution in [1.82, 2.24) is 0 Å². The van der Waals surface area contributed by atoms with Gasteiger partial charge in [-0.1, -0.05) is 222 Å². The van der Waals surface area contributed by atoms with Crippen LogP contribution in [0.5, 0.6) is 0 Å². The van der Waals surface area contributed by atoms with E-state index in [-0.39, 0.29) is 10.8 Å². The third-order valence-electron chi connectivity index (χ3n) is 15.1. The Morgan fingerprint density at radius 2 is 0.582 bits per heavy atom. The van der Waals surface area contributed by atoms with Crippen molar-refractivity contribution in [1.29, 1.82) is 0 Å². The predicted molar refractivity (Wildman–Crippen MR) is 281 cm³/mol. The molecular formula is C66H48O. The number of rotatable bonds is 6. The molecule has 2 aliphatic carbocycles. The predicted octanol–water partition coefficient (Wildman–Crippen LogP) is 18.2. The van der Waals surface area contributed by atoms with Gasteiger partial charge in [-0.25, -0.2) is 0 Å². The summed E-state index contributed by atoms with van der Waals surface area (Å²) in [7, 11) is 0. The highest BCUT2D eigenvalue weighted by atomic mass is 16.3. The fourth-order valence-corrected chi connectivity index (χ4v) is 11.8. The lowest BCUT2D eigenvalue weighted by Gasteiger charge is -2.23. The molecule has 0 spiro atoms. The molecule has 1 heterocycles. The van der Waals surface area contributed by atoms with Crippen molar-refractivity contribution in [2.45, 2.75) is 38.5 Å². The van der Waals surface area contributed by atoms with Gasteiger partial charge in [0.1, 0.15) is 11.5 Å². The van der Waals surface area contributed by atoms with Crippen molar-refractivity contribution in [2.75, 3.05) is 0 Å². The molecule has 0 fully saturated rings. The molecule has 1 heteroatoms. The summed E-state index contributed by atoms with van der Waals surface area (Å²) in [5.74, 6) is 1.76. The van der Waals surface area contributed by atoms with Crippen molar-refractivity contribution in [3.8, 4) is 89.4 Å². The highest BCUT2D eigenvalue weighted by Gasteiger charge is 2.40. The van der Waals surface area contributed by atoms with Crippen molar-refractivity contribution in [3.05, 3.63) is 241 Å². The minimum absolute atomic E-state index is 0.260. The summed E-state index contributed by atoms with van der Waals surface area (Å²) in [6.45, 7) is 9.57. The van der Waals surface area contributed by atoms with Gasteiger partial charge in [0, 0.05) is 33.1 Å². The Morgan fingerprint density at radius 3 is 0.955 bits per heavy atom. The van der Waals surface area contributed by atoms with Gasteiger partial charge in [0.2, 0.25) is 0 Å². The van der Waals surface area contributed by atoms with Crippen molar-refractivity contribution in [3.63, 3.8) is 0 Å². The molecule has 0 bridgehead atoms. The molecule has 0 saturated heterocycles. The van der Waals surface area contributed by atoms with Gasteiger partial charge >= 0.3 is 0 Å². The van der Waals surface area contributed by atoms with Crippen LogP contribution in [0.3, 0.4) is 0 Å². The summed E-state index contributed by atoms with van der Waals surface area (Å²) in [6, 6.07) is 80.3. The largest absolute Gasteiger partial charge is 0.455 e. The number of hydrogen-bond donors (Lipinski definition) is 0. The minimum atomic E-state index is -0.260. The van der Waals surface area contributed by atoms with Crippen molar-refractivity contribution < 1.29 is 4.42 Å². The Bertz CT molecular complexity index is 3510. The summed E-state index contributed by atoms with van der Waals surface area (Å²) in [6.07, 6.45) is 0. The summed E-state index contributed by atoms with van der Waals surface area (Å²) in [4.78, 5) is 0. The zero-order chi connectivity index (χ0) is 45.0. The SMILES string of the molecule is CC1(C)c2cc(-c3oc(-c4ccc5c(c4)C(C)(C)c4cc(-c6ccccc6)c6ccccc6c4-5)c(-c4ccccc4)c3-c3ccccc3)ccc2-c2c1cc(-c1ccccc1)c1ccccc21. The Balaban J connectivity index is 1.02. The van der Waals surface area contributed by atoms with Gasteiger partial charge in [0.25, 0.3) is 0 Å². The lowest BCUT2D eigenvalue weighted by molar-refractivity contribution is 0.597. The molecule has 1 aromatic heterocycles. The van der Waals surface area contributed by atoms with Crippen LogP contribution in [-0.2, 0) is 10.8 Å². The standard InChI is InChI=1S/C66H48O/c1-65(2)55-37-45(33-35-51(55)61-49-31-19-17-29-47(49)53(39-57(61)65)41-21-9-5-10-22-41)63-59(43-25-13-7-14-26-43)60(44-27-15-8-16-28-44)64(67-63)46-34-36-52-56(38-46)66(3,4)58-40-54(42-23-11-6-12-24-42)48-30-18-20-32-50(48)62(52)58/h5-40H,1-4H3. The van der Waals surface area contributed by atoms with Gasteiger partial charge in [0.05, 0.1) is 0 Å². The van der Waals surface area contributed by atoms with E-state index in [1.165, 1.54) is 88.3 Å². The maximum Gasteiger partial charge on any atom is 0.143 e. The Morgan fingerprint density at radius 1 is 0.254 bits per heavy atom. The van der Waals surface area contributed by atoms with E-state index < -0.39 is 0 Å². The average Bonchev–Trinajstić information content (AvgIpc) is 3.97. The lowest BCUT2D eigenvalue weighted by atomic mass is 9.80. The van der Waals surface area contributed by atoms with E-state index >= 15 is 0 Å². The quantitative estimate of drug-likeness (QED) is 0.162. The molecule has 0 aliphatic heterocycles. The van der Waals surface area contributed by atoms with Crippen molar-refractivity contribution in [2.24, 2.45) is 0 Å². The van der Waals surface area contributed by atoms with E-state index in [0.717, 1.165) is 44.9 Å². The Kier molecular flexibility index (Phi) is 8.67. The molecule has 67 heavy (non-hydrogen) atoms. The van der Waals surface area contributed by atoms with Crippen molar-refractivity contribution >= 4 is 21.5 Å². The van der Waals surface area contributed by atoms with E-state index in [2.05, 4.69) is 246 Å². The van der Waals surface area contributed by atoms with E-state index in [1.807, 2.05) is 0 Å². The average molecular weight is 857 g/mol. The topological polar surface area (TPSA) is 13.1 Å². The molecule has 13 rings (SSSR count). The first-order valence-corrected chi connectivity index (χ1v) is 23.6. The third kappa shape index (κ3) is 5.87. The molecule has 0 N–H and O–H groups in total. The fraction of sp³-hybridized carbons (Fsp3) is 0.0909. The molecule has 318 valence electrons. The van der Waals surface area contributed by atoms with Crippen LogP contribution in [0.2, 0.25) is 0 Å². The summed E-state index contributed by atoms with van der Waals surface area (Å²) in [5, 5.41) is 5.14. The third-order valence-corrected chi connectivity index (χ3v) is 15.1. The summed E-state index contributed by atoms with van der Waals surface area (Å²) >= 11 is 0. The molecule has 0 radical (unpaired) electrons. The van der Waals surface area contributed by atoms with Gasteiger partial charge in [0.15, 0.2) is 0 Å². The first kappa shape index (κ1) is 39.4. The first-order chi connectivity index (χ1) is 32.8. The minimum Gasteiger partial charge on any atom is -0.455 e. The van der Waals surface area contributed by atoms with E-state index in [4.69, 9.17) is 4.42 Å². The number of benzene rings is 10. The molecule has 10 aromatic carbocycles. The van der Waals surface area contributed by atoms with Crippen LogP contribution in [0, 0.1) is 0 Å². The van der Waals surface area contributed by atoms with E-state index in [1.54, 1.807) is 0 Å². The Hall–Kier alpha value is -8.00. The number of fused-ring (bicyclic) bond motifs is 10. The maximum atomic E-state index is 7.53. The van der Waals surface area contributed by atoms with Gasteiger partial charge in [-0.15, -0.1) is 0 Å². The van der Waals surface area contributed by atoms with Crippen LogP contribution in [-0.4, -0.2) is 0 Å². The highest BCUT2D eigenvalue weighted by Crippen LogP contribution is 2.58. The zero-order valence-electron chi connectivity index (χ0n) is 38.2. The molecule has 1 nitrogen and oxygen atoms in total. The van der Waals surface area contributed by atoms with Crippen LogP contribution >= 0.6 is 0 Å². The molecular weight excluding hydrogens is 809 g/mol. The van der Waals surface area contributed by atoms with E-state index in [0.29, 0.717) is 0 Å². The van der Waals surface area contributed by atoms with Gasteiger partial charge in [-0.05, 0) is 124 Å². The van der Waals surface area contributed by atoms with Crippen LogP contribution < -0.4 is 0 Å². The van der Waals surface area contributed by atoms with Gasteiger partial charge < -0.3 is 4.42 Å². The van der Waals surface area contributed by atoms with Crippen LogP contribution in [0.25, 0.3) is 111 Å². The second-order valence-electron chi connectivity index (χ2n) is 19.5.